The van der Waals surface area contributed by atoms with Gasteiger partial charge in [0.05, 0.1) is 17.8 Å². The smallest absolute Gasteiger partial charge is 0.406 e. The molecule has 1 heterocycles. The molecule has 0 aromatic heterocycles. The average Bonchev–Trinajstić information content (AvgIpc) is 2.52. The van der Waals surface area contributed by atoms with Crippen LogP contribution in [0.2, 0.25) is 0 Å². The third kappa shape index (κ3) is 2.30. The van der Waals surface area contributed by atoms with Gasteiger partial charge in [-0.25, -0.2) is 0 Å². The van der Waals surface area contributed by atoms with Gasteiger partial charge in [0.25, 0.3) is 0 Å². The molecule has 20 heavy (non-hydrogen) atoms. The van der Waals surface area contributed by atoms with Gasteiger partial charge in [-0.3, -0.25) is 19.3 Å². The van der Waals surface area contributed by atoms with Gasteiger partial charge in [0.2, 0.25) is 11.8 Å². The van der Waals surface area contributed by atoms with E-state index >= 15 is 0 Å². The number of aliphatic carboxylic acids is 1. The van der Waals surface area contributed by atoms with E-state index in [9.17, 15) is 27.6 Å². The summed E-state index contributed by atoms with van der Waals surface area (Å²) in [5.41, 5.74) is 0. The average molecular weight is 291 g/mol. The Morgan fingerprint density at radius 1 is 1.30 bits per heavy atom. The number of imide groups is 1. The first-order valence-electron chi connectivity index (χ1n) is 5.96. The molecule has 0 aromatic rings. The molecule has 2 amide bonds. The summed E-state index contributed by atoms with van der Waals surface area (Å²) in [7, 11) is 0. The van der Waals surface area contributed by atoms with Gasteiger partial charge in [-0.15, -0.1) is 0 Å². The van der Waals surface area contributed by atoms with Crippen LogP contribution in [0.5, 0.6) is 0 Å². The van der Waals surface area contributed by atoms with E-state index in [0.29, 0.717) is 0 Å². The topological polar surface area (TPSA) is 74.7 Å². The minimum atomic E-state index is -4.70. The second kappa shape index (κ2) is 4.60. The number of carboxylic acid groups (broad SMARTS) is 1. The van der Waals surface area contributed by atoms with Crippen LogP contribution in [-0.2, 0) is 14.4 Å². The first kappa shape index (κ1) is 14.5. The summed E-state index contributed by atoms with van der Waals surface area (Å²) in [4.78, 5) is 35.2. The van der Waals surface area contributed by atoms with E-state index in [0.717, 1.165) is 0 Å². The molecule has 1 fully saturated rings. The number of nitrogens with zero attached hydrogens (tertiary/aromatic N) is 1. The van der Waals surface area contributed by atoms with E-state index in [-0.39, 0.29) is 4.90 Å². The van der Waals surface area contributed by atoms with E-state index in [1.165, 1.54) is 12.2 Å². The van der Waals surface area contributed by atoms with Crippen LogP contribution in [0.1, 0.15) is 6.92 Å². The molecular formula is C12H12F3NO4. The molecule has 0 saturated carbocycles. The molecule has 0 bridgehead atoms. The van der Waals surface area contributed by atoms with Gasteiger partial charge in [-0.2, -0.15) is 13.2 Å². The van der Waals surface area contributed by atoms with E-state index in [2.05, 4.69) is 0 Å². The minimum Gasteiger partial charge on any atom is -0.481 e. The first-order chi connectivity index (χ1) is 9.13. The van der Waals surface area contributed by atoms with Gasteiger partial charge in [-0.05, 0) is 5.92 Å². The van der Waals surface area contributed by atoms with Crippen LogP contribution in [0.25, 0.3) is 0 Å². The Hall–Kier alpha value is -1.86. The summed E-state index contributed by atoms with van der Waals surface area (Å²) >= 11 is 0. The fourth-order valence-corrected chi connectivity index (χ4v) is 2.81. The number of carboxylic acids is 1. The Kier molecular flexibility index (Phi) is 3.35. The molecule has 0 radical (unpaired) electrons. The van der Waals surface area contributed by atoms with E-state index < -0.39 is 54.2 Å². The highest BCUT2D eigenvalue weighted by atomic mass is 19.4. The van der Waals surface area contributed by atoms with Crippen LogP contribution in [0.4, 0.5) is 13.2 Å². The van der Waals surface area contributed by atoms with E-state index in [1.54, 1.807) is 6.92 Å². The maximum atomic E-state index is 12.4. The number of fused-ring (bicyclic) bond motifs is 1. The second-order valence-electron chi connectivity index (χ2n) is 5.04. The van der Waals surface area contributed by atoms with Crippen molar-refractivity contribution in [3.63, 3.8) is 0 Å². The zero-order chi connectivity index (χ0) is 15.2. The number of likely N-dealkylation sites (tertiary alicyclic amines) is 1. The standard InChI is InChI=1S/C12H12F3NO4/c1-5-2-3-6-8(7(5)11(19)20)10(18)16(9(6)17)4-12(13,14)15/h2-3,5-8H,4H2,1H3,(H,19,20). The molecule has 110 valence electrons. The highest BCUT2D eigenvalue weighted by molar-refractivity contribution is 6.07. The van der Waals surface area contributed by atoms with Crippen LogP contribution in [-0.4, -0.2) is 40.5 Å². The van der Waals surface area contributed by atoms with Crippen LogP contribution in [0.15, 0.2) is 12.2 Å². The molecule has 4 atom stereocenters. The number of hydrogen-bond donors (Lipinski definition) is 1. The van der Waals surface area contributed by atoms with Crippen LogP contribution in [0.3, 0.4) is 0 Å². The fraction of sp³-hybridized carbons (Fsp3) is 0.583. The van der Waals surface area contributed by atoms with E-state index in [1.807, 2.05) is 0 Å². The van der Waals surface area contributed by atoms with Crippen molar-refractivity contribution in [3.05, 3.63) is 12.2 Å². The summed E-state index contributed by atoms with van der Waals surface area (Å²) in [6.07, 6.45) is -1.90. The van der Waals surface area contributed by atoms with Gasteiger partial charge >= 0.3 is 12.1 Å². The third-order valence-corrected chi connectivity index (χ3v) is 3.69. The first-order valence-corrected chi connectivity index (χ1v) is 5.96. The monoisotopic (exact) mass is 291 g/mol. The Morgan fingerprint density at radius 3 is 2.40 bits per heavy atom. The quantitative estimate of drug-likeness (QED) is 0.609. The SMILES string of the molecule is CC1C=CC2C(=O)N(CC(F)(F)F)C(=O)C2C1C(=O)O. The summed E-state index contributed by atoms with van der Waals surface area (Å²) in [6.45, 7) is -0.123. The number of allylic oxidation sites excluding steroid dienone is 1. The van der Waals surface area contributed by atoms with Crippen LogP contribution >= 0.6 is 0 Å². The number of alkyl halides is 3. The minimum absolute atomic E-state index is 0.119. The molecule has 0 spiro atoms. The summed E-state index contributed by atoms with van der Waals surface area (Å²) in [6, 6.07) is 0. The molecule has 5 nitrogen and oxygen atoms in total. The van der Waals surface area contributed by atoms with E-state index in [4.69, 9.17) is 5.11 Å². The second-order valence-corrected chi connectivity index (χ2v) is 5.04. The summed E-state index contributed by atoms with van der Waals surface area (Å²) < 4.78 is 37.2. The molecular weight excluding hydrogens is 279 g/mol. The maximum Gasteiger partial charge on any atom is 0.406 e. The van der Waals surface area contributed by atoms with Gasteiger partial charge in [0, 0.05) is 0 Å². The lowest BCUT2D eigenvalue weighted by Crippen LogP contribution is -2.41. The lowest BCUT2D eigenvalue weighted by molar-refractivity contribution is -0.167. The highest BCUT2D eigenvalue weighted by Crippen LogP contribution is 2.41. The molecule has 1 aliphatic carbocycles. The zero-order valence-electron chi connectivity index (χ0n) is 10.4. The molecule has 1 saturated heterocycles. The zero-order valence-corrected chi connectivity index (χ0v) is 10.4. The van der Waals surface area contributed by atoms with Crippen LogP contribution in [0, 0.1) is 23.7 Å². The molecule has 1 N–H and O–H groups in total. The molecule has 0 aromatic carbocycles. The van der Waals surface area contributed by atoms with Crippen molar-refractivity contribution in [1.82, 2.24) is 4.90 Å². The Morgan fingerprint density at radius 2 is 1.90 bits per heavy atom. The van der Waals surface area contributed by atoms with Crippen molar-refractivity contribution in [2.45, 2.75) is 13.1 Å². The maximum absolute atomic E-state index is 12.4. The van der Waals surface area contributed by atoms with Gasteiger partial charge in [0.15, 0.2) is 0 Å². The number of carbonyl (C=O) groups is 3. The predicted molar refractivity (Wildman–Crippen MR) is 59.2 cm³/mol. The van der Waals surface area contributed by atoms with Gasteiger partial charge in [0.1, 0.15) is 6.54 Å². The van der Waals surface area contributed by atoms with Crippen molar-refractivity contribution in [3.8, 4) is 0 Å². The number of halogens is 3. The molecule has 2 aliphatic rings. The molecule has 4 unspecified atom stereocenters. The number of rotatable bonds is 2. The van der Waals surface area contributed by atoms with Crippen molar-refractivity contribution < 1.29 is 32.7 Å². The predicted octanol–water partition coefficient (Wildman–Crippen LogP) is 1.06. The fourth-order valence-electron chi connectivity index (χ4n) is 2.81. The molecule has 8 heteroatoms. The van der Waals surface area contributed by atoms with Crippen molar-refractivity contribution in [2.75, 3.05) is 6.54 Å². The lowest BCUT2D eigenvalue weighted by atomic mass is 9.72. The number of hydrogen-bond acceptors (Lipinski definition) is 3. The highest BCUT2D eigenvalue weighted by Gasteiger charge is 2.56. The number of amides is 2. The van der Waals surface area contributed by atoms with Gasteiger partial charge in [-0.1, -0.05) is 19.1 Å². The Balaban J connectivity index is 2.35. The largest absolute Gasteiger partial charge is 0.481 e. The number of carbonyl (C=O) groups excluding carboxylic acids is 2. The van der Waals surface area contributed by atoms with Crippen molar-refractivity contribution >= 4 is 17.8 Å². The van der Waals surface area contributed by atoms with Crippen molar-refractivity contribution in [2.24, 2.45) is 23.7 Å². The summed E-state index contributed by atoms with van der Waals surface area (Å²) in [5, 5.41) is 9.14. The molecule has 1 aliphatic heterocycles. The Labute approximate surface area is 112 Å². The third-order valence-electron chi connectivity index (χ3n) is 3.69. The molecule has 2 rings (SSSR count). The normalized spacial score (nSPS) is 33.5. The van der Waals surface area contributed by atoms with Crippen molar-refractivity contribution in [1.29, 1.82) is 0 Å². The van der Waals surface area contributed by atoms with Crippen LogP contribution < -0.4 is 0 Å². The lowest BCUT2D eigenvalue weighted by Gasteiger charge is -2.28. The Bertz CT molecular complexity index is 499. The van der Waals surface area contributed by atoms with Gasteiger partial charge < -0.3 is 5.11 Å². The summed E-state index contributed by atoms with van der Waals surface area (Å²) in [5.74, 6) is -7.37.